The van der Waals surface area contributed by atoms with Gasteiger partial charge in [0.15, 0.2) is 0 Å². The van der Waals surface area contributed by atoms with Gasteiger partial charge in [0.2, 0.25) is 0 Å². The maximum Gasteiger partial charge on any atom is 0.411 e. The van der Waals surface area contributed by atoms with Crippen molar-refractivity contribution in [2.24, 2.45) is 29.1 Å². The summed E-state index contributed by atoms with van der Waals surface area (Å²) in [5.41, 5.74) is 1.13. The molecule has 30 heavy (non-hydrogen) atoms. The quantitative estimate of drug-likeness (QED) is 0.652. The lowest BCUT2D eigenvalue weighted by Gasteiger charge is -2.41. The van der Waals surface area contributed by atoms with Crippen LogP contribution in [-0.4, -0.2) is 25.3 Å². The molecule has 0 heterocycles. The lowest BCUT2D eigenvalue weighted by atomic mass is 9.66. The fourth-order valence-corrected chi connectivity index (χ4v) is 5.48. The summed E-state index contributed by atoms with van der Waals surface area (Å²) in [7, 11) is 0. The first kappa shape index (κ1) is 20.5. The second-order valence-corrected chi connectivity index (χ2v) is 8.81. The molecule has 5 nitrogen and oxygen atoms in total. The van der Waals surface area contributed by atoms with Gasteiger partial charge in [-0.3, -0.25) is 5.32 Å². The number of nitrogens with one attached hydrogen (secondary N) is 1. The minimum atomic E-state index is -0.439. The van der Waals surface area contributed by atoms with Crippen molar-refractivity contribution in [3.8, 4) is 0 Å². The number of para-hydroxylation sites is 1. The smallest absolute Gasteiger partial charge is 0.411 e. The van der Waals surface area contributed by atoms with E-state index < -0.39 is 6.09 Å². The summed E-state index contributed by atoms with van der Waals surface area (Å²) < 4.78 is 11.4. The van der Waals surface area contributed by atoms with Crippen molar-refractivity contribution in [1.29, 1.82) is 0 Å². The van der Waals surface area contributed by atoms with Crippen molar-refractivity contribution in [1.82, 2.24) is 0 Å². The maximum atomic E-state index is 12.4. The molecule has 2 aromatic carbocycles. The lowest BCUT2D eigenvalue weighted by molar-refractivity contribution is -0.0228. The van der Waals surface area contributed by atoms with Crippen molar-refractivity contribution in [2.75, 3.05) is 18.5 Å². The van der Waals surface area contributed by atoms with Gasteiger partial charge in [0, 0.05) is 17.0 Å². The number of fused-ring (bicyclic) bond motifs is 2. The molecule has 2 saturated carbocycles. The molecule has 1 N–H and O–H groups in total. The Kier molecular flexibility index (Phi) is 5.80. The Morgan fingerprint density at radius 2 is 1.67 bits per heavy atom. The van der Waals surface area contributed by atoms with E-state index in [2.05, 4.69) is 19.2 Å². The van der Waals surface area contributed by atoms with Crippen LogP contribution in [0.1, 0.15) is 37.0 Å². The summed E-state index contributed by atoms with van der Waals surface area (Å²) in [6, 6.07) is 18.4. The average Bonchev–Trinajstić information content (AvgIpc) is 3.26. The summed E-state index contributed by atoms with van der Waals surface area (Å²) in [5, 5.41) is 2.79. The predicted octanol–water partition coefficient (Wildman–Crippen LogP) is 5.39. The molecule has 0 aliphatic heterocycles. The van der Waals surface area contributed by atoms with Crippen LogP contribution < -0.4 is 5.32 Å². The number of carbonyl (C=O) groups excluding carboxylic acids is 2. The first-order valence-corrected chi connectivity index (χ1v) is 10.7. The molecule has 2 fully saturated rings. The van der Waals surface area contributed by atoms with Gasteiger partial charge in [0.25, 0.3) is 0 Å². The predicted molar refractivity (Wildman–Crippen MR) is 115 cm³/mol. The molecule has 0 radical (unpaired) electrons. The van der Waals surface area contributed by atoms with Gasteiger partial charge < -0.3 is 9.47 Å². The number of carbonyl (C=O) groups is 2. The molecule has 1 amide bonds. The first-order valence-electron chi connectivity index (χ1n) is 10.7. The van der Waals surface area contributed by atoms with Crippen LogP contribution >= 0.6 is 0 Å². The third-order valence-electron chi connectivity index (χ3n) is 7.40. The Morgan fingerprint density at radius 3 is 2.33 bits per heavy atom. The number of hydrogen-bond donors (Lipinski definition) is 1. The van der Waals surface area contributed by atoms with Crippen LogP contribution in [0.4, 0.5) is 10.5 Å². The van der Waals surface area contributed by atoms with E-state index in [1.165, 1.54) is 0 Å². The van der Waals surface area contributed by atoms with E-state index in [4.69, 9.17) is 9.47 Å². The molecule has 2 aliphatic carbocycles. The fourth-order valence-electron chi connectivity index (χ4n) is 5.48. The zero-order valence-corrected chi connectivity index (χ0v) is 17.5. The van der Waals surface area contributed by atoms with Gasteiger partial charge in [-0.2, -0.15) is 0 Å². The van der Waals surface area contributed by atoms with Gasteiger partial charge >= 0.3 is 12.1 Å². The molecule has 0 saturated heterocycles. The average molecular weight is 408 g/mol. The minimum absolute atomic E-state index is 0.144. The molecule has 2 bridgehead atoms. The second-order valence-electron chi connectivity index (χ2n) is 8.81. The van der Waals surface area contributed by atoms with Crippen molar-refractivity contribution in [3.63, 3.8) is 0 Å². The number of ether oxygens (including phenoxy) is 2. The van der Waals surface area contributed by atoms with Crippen LogP contribution in [0.5, 0.6) is 0 Å². The van der Waals surface area contributed by atoms with E-state index in [1.54, 1.807) is 12.1 Å². The molecule has 0 spiro atoms. The van der Waals surface area contributed by atoms with Crippen LogP contribution in [-0.2, 0) is 9.47 Å². The second kappa shape index (κ2) is 8.50. The molecule has 2 aliphatic rings. The molecule has 5 heteroatoms. The van der Waals surface area contributed by atoms with E-state index in [0.29, 0.717) is 42.2 Å². The van der Waals surface area contributed by atoms with Crippen LogP contribution in [0.2, 0.25) is 0 Å². The van der Waals surface area contributed by atoms with Gasteiger partial charge in [-0.25, -0.2) is 9.59 Å². The molecular formula is C25H29NO4. The number of anilines is 1. The molecule has 5 atom stereocenters. The van der Waals surface area contributed by atoms with Gasteiger partial charge in [0.05, 0.1) is 18.8 Å². The highest BCUT2D eigenvalue weighted by molar-refractivity contribution is 5.89. The molecule has 2 aromatic rings. The van der Waals surface area contributed by atoms with Gasteiger partial charge in [-0.1, -0.05) is 50.2 Å². The maximum absolute atomic E-state index is 12.4. The number of benzene rings is 2. The Bertz CT molecular complexity index is 885. The van der Waals surface area contributed by atoms with Gasteiger partial charge in [-0.05, 0) is 54.9 Å². The molecule has 5 unspecified atom stereocenters. The number of rotatable bonds is 6. The highest BCUT2D eigenvalue weighted by atomic mass is 16.6. The van der Waals surface area contributed by atoms with Gasteiger partial charge in [-0.15, -0.1) is 0 Å². The zero-order valence-electron chi connectivity index (χ0n) is 17.5. The topological polar surface area (TPSA) is 64.6 Å². The third kappa shape index (κ3) is 3.93. The number of esters is 1. The summed E-state index contributed by atoms with van der Waals surface area (Å²) in [4.78, 5) is 24.8. The molecular weight excluding hydrogens is 378 g/mol. The number of amides is 1. The summed E-state index contributed by atoms with van der Waals surface area (Å²) in [5.74, 6) is 1.47. The summed E-state index contributed by atoms with van der Waals surface area (Å²) in [6.45, 7) is 5.24. The van der Waals surface area contributed by atoms with Crippen LogP contribution in [0.25, 0.3) is 0 Å². The highest BCUT2D eigenvalue weighted by Gasteiger charge is 2.60. The zero-order chi connectivity index (χ0) is 21.1. The fraction of sp³-hybridized carbons (Fsp3) is 0.440. The lowest BCUT2D eigenvalue weighted by Crippen LogP contribution is -2.42. The van der Waals surface area contributed by atoms with E-state index in [-0.39, 0.29) is 17.3 Å². The standard InChI is InChI=1S/C25H29NO4/c1-17-18(2)25(16-30-24(28)26-22-11-7-4-8-12-22)14-20(17)13-21(25)15-29-23(27)19-9-5-3-6-10-19/h3-12,17-18,20-21H,13-16H2,1-2H3,(H,26,28). The van der Waals surface area contributed by atoms with E-state index >= 15 is 0 Å². The van der Waals surface area contributed by atoms with Crippen molar-refractivity contribution in [2.45, 2.75) is 26.7 Å². The largest absolute Gasteiger partial charge is 0.462 e. The monoisotopic (exact) mass is 407 g/mol. The van der Waals surface area contributed by atoms with E-state index in [9.17, 15) is 9.59 Å². The third-order valence-corrected chi connectivity index (χ3v) is 7.40. The van der Waals surface area contributed by atoms with Gasteiger partial charge in [0.1, 0.15) is 0 Å². The first-order chi connectivity index (χ1) is 14.5. The highest BCUT2D eigenvalue weighted by Crippen LogP contribution is 2.63. The molecule has 4 rings (SSSR count). The Labute approximate surface area is 177 Å². The molecule has 158 valence electrons. The Hall–Kier alpha value is -2.82. The van der Waals surface area contributed by atoms with E-state index in [1.807, 2.05) is 48.5 Å². The van der Waals surface area contributed by atoms with Crippen LogP contribution in [0, 0.1) is 29.1 Å². The Morgan fingerprint density at radius 1 is 1.00 bits per heavy atom. The van der Waals surface area contributed by atoms with Crippen molar-refractivity contribution in [3.05, 3.63) is 66.2 Å². The minimum Gasteiger partial charge on any atom is -0.462 e. The SMILES string of the molecule is CC1C2CC(COC(=O)c3ccccc3)C(COC(=O)Nc3ccccc3)(C2)C1C. The van der Waals surface area contributed by atoms with Crippen LogP contribution in [0.3, 0.4) is 0 Å². The van der Waals surface area contributed by atoms with Crippen molar-refractivity contribution < 1.29 is 19.1 Å². The van der Waals surface area contributed by atoms with E-state index in [0.717, 1.165) is 12.8 Å². The van der Waals surface area contributed by atoms with Crippen LogP contribution in [0.15, 0.2) is 60.7 Å². The molecule has 0 aromatic heterocycles. The normalized spacial score (nSPS) is 29.4. The Balaban J connectivity index is 1.40. The summed E-state index contributed by atoms with van der Waals surface area (Å²) >= 11 is 0. The van der Waals surface area contributed by atoms with Crippen molar-refractivity contribution >= 4 is 17.7 Å². The number of hydrogen-bond acceptors (Lipinski definition) is 4. The summed E-state index contributed by atoms with van der Waals surface area (Å²) in [6.07, 6.45) is 1.59.